The number of hydrogen-bond acceptors (Lipinski definition) is 4. The first kappa shape index (κ1) is 24.8. The molecule has 1 fully saturated rings. The molecule has 2 aromatic rings. The molecule has 2 amide bonds. The van der Waals surface area contributed by atoms with E-state index >= 15 is 0 Å². The zero-order chi connectivity index (χ0) is 24.6. The van der Waals surface area contributed by atoms with E-state index < -0.39 is 11.5 Å². The van der Waals surface area contributed by atoms with Crippen LogP contribution in [0.1, 0.15) is 62.6 Å². The van der Waals surface area contributed by atoms with Crippen LogP contribution in [0.15, 0.2) is 36.4 Å². The lowest BCUT2D eigenvalue weighted by atomic mass is 9.85. The van der Waals surface area contributed by atoms with Gasteiger partial charge in [-0.25, -0.2) is 15.6 Å². The fraction of sp³-hybridized carbons (Fsp3) is 0.462. The van der Waals surface area contributed by atoms with Crippen LogP contribution in [0.25, 0.3) is 0 Å². The molecule has 1 atom stereocenters. The summed E-state index contributed by atoms with van der Waals surface area (Å²) in [6, 6.07) is 11.0. The molecule has 1 unspecified atom stereocenters. The van der Waals surface area contributed by atoms with Crippen LogP contribution in [0, 0.1) is 5.92 Å². The highest BCUT2D eigenvalue weighted by molar-refractivity contribution is 6.33. The summed E-state index contributed by atoms with van der Waals surface area (Å²) in [5.74, 6) is 5.83. The van der Waals surface area contributed by atoms with Gasteiger partial charge in [0.1, 0.15) is 5.60 Å². The van der Waals surface area contributed by atoms with Crippen LogP contribution in [-0.4, -0.2) is 35.6 Å². The fourth-order valence-corrected chi connectivity index (χ4v) is 5.37. The van der Waals surface area contributed by atoms with Gasteiger partial charge in [-0.15, -0.1) is 0 Å². The van der Waals surface area contributed by atoms with Gasteiger partial charge in [-0.05, 0) is 87.3 Å². The third-order valence-corrected chi connectivity index (χ3v) is 7.29. The molecule has 0 spiro atoms. The van der Waals surface area contributed by atoms with Gasteiger partial charge in [0, 0.05) is 23.1 Å². The Morgan fingerprint density at radius 3 is 2.41 bits per heavy atom. The molecule has 8 heteroatoms. The molecule has 34 heavy (non-hydrogen) atoms. The summed E-state index contributed by atoms with van der Waals surface area (Å²) in [6.45, 7) is 6.99. The Morgan fingerprint density at radius 1 is 1.09 bits per heavy atom. The number of carbonyl (C=O) groups excluding carboxylic acids is 2. The van der Waals surface area contributed by atoms with Crippen molar-refractivity contribution in [2.45, 2.75) is 58.0 Å². The van der Waals surface area contributed by atoms with Gasteiger partial charge < -0.3 is 9.64 Å². The summed E-state index contributed by atoms with van der Waals surface area (Å²) in [4.78, 5) is 27.3. The van der Waals surface area contributed by atoms with Crippen LogP contribution >= 0.6 is 23.2 Å². The first-order chi connectivity index (χ1) is 16.1. The number of nitrogens with two attached hydrogens (primary N) is 1. The van der Waals surface area contributed by atoms with Gasteiger partial charge in [0.2, 0.25) is 0 Å². The molecular weight excluding hydrogens is 473 g/mol. The van der Waals surface area contributed by atoms with Crippen molar-refractivity contribution in [3.63, 3.8) is 0 Å². The number of benzene rings is 2. The monoisotopic (exact) mass is 503 g/mol. The van der Waals surface area contributed by atoms with Crippen LogP contribution in [-0.2, 0) is 16.0 Å². The van der Waals surface area contributed by atoms with Crippen LogP contribution in [0.4, 0.5) is 10.5 Å². The highest BCUT2D eigenvalue weighted by Crippen LogP contribution is 2.46. The average molecular weight is 504 g/mol. The van der Waals surface area contributed by atoms with Crippen LogP contribution in [0.2, 0.25) is 10.0 Å². The van der Waals surface area contributed by atoms with Crippen LogP contribution in [0.5, 0.6) is 0 Å². The Hall–Kier alpha value is -2.28. The van der Waals surface area contributed by atoms with E-state index in [1.165, 1.54) is 5.01 Å². The number of hydrogen-bond donors (Lipinski definition) is 1. The molecule has 0 aromatic heterocycles. The van der Waals surface area contributed by atoms with Crippen molar-refractivity contribution >= 4 is 40.9 Å². The Kier molecular flexibility index (Phi) is 7.13. The van der Waals surface area contributed by atoms with Gasteiger partial charge in [0.25, 0.3) is 5.91 Å². The number of piperidine rings is 1. The second kappa shape index (κ2) is 9.76. The third kappa shape index (κ3) is 5.04. The second-order valence-corrected chi connectivity index (χ2v) is 10.9. The van der Waals surface area contributed by atoms with E-state index in [-0.39, 0.29) is 12.0 Å². The normalized spacial score (nSPS) is 18.9. The molecule has 0 aliphatic carbocycles. The summed E-state index contributed by atoms with van der Waals surface area (Å²) >= 11 is 13.1. The lowest BCUT2D eigenvalue weighted by Crippen LogP contribution is -2.41. The van der Waals surface area contributed by atoms with E-state index in [9.17, 15) is 9.59 Å². The van der Waals surface area contributed by atoms with Crippen molar-refractivity contribution in [3.05, 3.63) is 63.1 Å². The van der Waals surface area contributed by atoms with Crippen molar-refractivity contribution in [1.82, 2.24) is 4.90 Å². The number of hydrazine groups is 1. The zero-order valence-corrected chi connectivity index (χ0v) is 21.3. The average Bonchev–Trinajstić information content (AvgIpc) is 3.03. The van der Waals surface area contributed by atoms with E-state index in [0.717, 1.165) is 42.4 Å². The number of carbonyl (C=O) groups is 2. The first-order valence-corrected chi connectivity index (χ1v) is 12.4. The van der Waals surface area contributed by atoms with Gasteiger partial charge in [0.05, 0.1) is 11.6 Å². The molecule has 0 bridgehead atoms. The lowest BCUT2D eigenvalue weighted by Gasteiger charge is -2.33. The first-order valence-electron chi connectivity index (χ1n) is 11.7. The lowest BCUT2D eigenvalue weighted by molar-refractivity contribution is -0.118. The van der Waals surface area contributed by atoms with E-state index in [1.807, 2.05) is 45.0 Å². The van der Waals surface area contributed by atoms with Crippen molar-refractivity contribution in [2.24, 2.45) is 11.8 Å². The molecule has 2 aliphatic heterocycles. The number of rotatable bonds is 4. The summed E-state index contributed by atoms with van der Waals surface area (Å²) in [6.07, 6.45) is 3.19. The largest absolute Gasteiger partial charge is 0.444 e. The van der Waals surface area contributed by atoms with Gasteiger partial charge >= 0.3 is 6.09 Å². The topological polar surface area (TPSA) is 75.9 Å². The van der Waals surface area contributed by atoms with E-state index in [1.54, 1.807) is 17.0 Å². The van der Waals surface area contributed by atoms with Crippen LogP contribution in [0.3, 0.4) is 0 Å². The maximum absolute atomic E-state index is 13.1. The minimum Gasteiger partial charge on any atom is -0.444 e. The molecule has 2 aromatic carbocycles. The molecule has 6 nitrogen and oxygen atoms in total. The SMILES string of the molecule is CC(C)(C)OC(=O)N1CCC(CCc2c(Cl)ccc3c2C(c2ccccc2Cl)C(=O)N3N)CC1. The van der Waals surface area contributed by atoms with E-state index in [4.69, 9.17) is 33.8 Å². The predicted octanol–water partition coefficient (Wildman–Crippen LogP) is 5.93. The van der Waals surface area contributed by atoms with Gasteiger partial charge in [0.15, 0.2) is 0 Å². The van der Waals surface area contributed by atoms with Gasteiger partial charge in [-0.3, -0.25) is 4.79 Å². The highest BCUT2D eigenvalue weighted by Gasteiger charge is 2.40. The maximum Gasteiger partial charge on any atom is 0.410 e. The van der Waals surface area contributed by atoms with Crippen molar-refractivity contribution in [1.29, 1.82) is 0 Å². The van der Waals surface area contributed by atoms with Gasteiger partial charge in [-0.2, -0.15) is 0 Å². The Balaban J connectivity index is 1.50. The van der Waals surface area contributed by atoms with Crippen molar-refractivity contribution in [3.8, 4) is 0 Å². The number of likely N-dealkylation sites (tertiary alicyclic amines) is 1. The molecule has 0 saturated carbocycles. The molecule has 1 saturated heterocycles. The number of fused-ring (bicyclic) bond motifs is 1. The number of amides is 2. The Bertz CT molecular complexity index is 1090. The standard InChI is InChI=1S/C26H31Cl2N3O3/c1-26(2,3)34-25(33)30-14-12-16(13-15-30)8-9-18-20(28)10-11-21-22(18)23(24(32)31(21)29)17-6-4-5-7-19(17)27/h4-7,10-11,16,23H,8-9,12-15,29H2,1-3H3. The Labute approximate surface area is 210 Å². The number of anilines is 1. The molecule has 4 rings (SSSR count). The predicted molar refractivity (Wildman–Crippen MR) is 135 cm³/mol. The highest BCUT2D eigenvalue weighted by atomic mass is 35.5. The summed E-state index contributed by atoms with van der Waals surface area (Å²) in [7, 11) is 0. The minimum atomic E-state index is -0.573. The number of nitrogens with zero attached hydrogens (tertiary/aromatic N) is 2. The summed E-state index contributed by atoms with van der Waals surface area (Å²) < 4.78 is 5.50. The van der Waals surface area contributed by atoms with E-state index in [0.29, 0.717) is 34.7 Å². The van der Waals surface area contributed by atoms with Crippen molar-refractivity contribution in [2.75, 3.05) is 18.1 Å². The van der Waals surface area contributed by atoms with Crippen LogP contribution < -0.4 is 10.9 Å². The van der Waals surface area contributed by atoms with Gasteiger partial charge in [-0.1, -0.05) is 41.4 Å². The third-order valence-electron chi connectivity index (χ3n) is 6.59. The number of halogens is 2. The molecule has 2 heterocycles. The molecule has 2 N–H and O–H groups in total. The number of ether oxygens (including phenoxy) is 1. The zero-order valence-electron chi connectivity index (χ0n) is 19.8. The molecule has 0 radical (unpaired) electrons. The molecular formula is C26H31Cl2N3O3. The smallest absolute Gasteiger partial charge is 0.410 e. The second-order valence-electron chi connectivity index (χ2n) is 10.1. The summed E-state index contributed by atoms with van der Waals surface area (Å²) in [5.41, 5.74) is 2.70. The fourth-order valence-electron chi connectivity index (χ4n) is 4.87. The maximum atomic E-state index is 13.1. The molecule has 2 aliphatic rings. The minimum absolute atomic E-state index is 0.211. The summed E-state index contributed by atoms with van der Waals surface area (Å²) in [5, 5.41) is 2.37. The molecule has 182 valence electrons. The Morgan fingerprint density at radius 2 is 1.76 bits per heavy atom. The van der Waals surface area contributed by atoms with E-state index in [2.05, 4.69) is 0 Å². The van der Waals surface area contributed by atoms with Crippen molar-refractivity contribution < 1.29 is 14.3 Å². The quantitative estimate of drug-likeness (QED) is 0.414.